The first-order valence-electron chi connectivity index (χ1n) is 6.75. The fourth-order valence-corrected chi connectivity index (χ4v) is 1.96. The Morgan fingerprint density at radius 2 is 1.71 bits per heavy atom. The predicted molar refractivity (Wildman–Crippen MR) is 83.5 cm³/mol. The second-order valence-electron chi connectivity index (χ2n) is 4.86. The molecule has 2 rings (SSSR count). The van der Waals surface area contributed by atoms with Crippen LogP contribution >= 0.6 is 0 Å². The number of rotatable bonds is 5. The summed E-state index contributed by atoms with van der Waals surface area (Å²) in [6.45, 7) is 3.85. The van der Waals surface area contributed by atoms with Crippen molar-refractivity contribution in [3.05, 3.63) is 75.8 Å². The maximum Gasteiger partial charge on any atom is 0.277 e. The van der Waals surface area contributed by atoms with Gasteiger partial charge in [-0.1, -0.05) is 36.4 Å². The van der Waals surface area contributed by atoms with Crippen molar-refractivity contribution >= 4 is 11.8 Å². The third-order valence-electron chi connectivity index (χ3n) is 2.84. The van der Waals surface area contributed by atoms with Crippen molar-refractivity contribution in [3.63, 3.8) is 0 Å². The number of nitrogens with zero attached hydrogens (tertiary/aromatic N) is 1. The van der Waals surface area contributed by atoms with Gasteiger partial charge in [0.05, 0.1) is 16.6 Å². The lowest BCUT2D eigenvalue weighted by Crippen LogP contribution is -2.06. The summed E-state index contributed by atoms with van der Waals surface area (Å²) in [7, 11) is 0. The van der Waals surface area contributed by atoms with Crippen LogP contribution in [-0.4, -0.2) is 11.0 Å². The van der Waals surface area contributed by atoms with Crippen molar-refractivity contribution in [2.45, 2.75) is 20.0 Å². The average molecular weight is 283 g/mol. The summed E-state index contributed by atoms with van der Waals surface area (Å²) in [5.41, 5.74) is 1.32. The molecule has 4 heteroatoms. The van der Waals surface area contributed by atoms with Gasteiger partial charge in [0.15, 0.2) is 0 Å². The van der Waals surface area contributed by atoms with Gasteiger partial charge in [-0.3, -0.25) is 10.1 Å². The standard InChI is InChI=1S/C17H17NO3/c1-13(2)21-17-11-7-6-10-15(17)12-16(18(19)20)14-8-4-3-5-9-14/h3-13H,1-2H3. The monoisotopic (exact) mass is 283 g/mol. The minimum absolute atomic E-state index is 0.00957. The quantitative estimate of drug-likeness (QED) is 0.468. The first kappa shape index (κ1) is 14.8. The zero-order valence-electron chi connectivity index (χ0n) is 12.0. The third kappa shape index (κ3) is 3.92. The van der Waals surface area contributed by atoms with E-state index in [4.69, 9.17) is 4.74 Å². The Hall–Kier alpha value is -2.62. The molecule has 0 saturated heterocycles. The number of nitro groups is 1. The minimum atomic E-state index is -0.374. The van der Waals surface area contributed by atoms with Crippen molar-refractivity contribution in [3.8, 4) is 5.75 Å². The lowest BCUT2D eigenvalue weighted by atomic mass is 10.1. The van der Waals surface area contributed by atoms with Gasteiger partial charge in [0, 0.05) is 11.6 Å². The van der Waals surface area contributed by atoms with E-state index in [9.17, 15) is 10.1 Å². The van der Waals surface area contributed by atoms with Crippen LogP contribution in [0.5, 0.6) is 5.75 Å². The molecule has 0 atom stereocenters. The van der Waals surface area contributed by atoms with E-state index < -0.39 is 0 Å². The van der Waals surface area contributed by atoms with Gasteiger partial charge in [0.2, 0.25) is 0 Å². The summed E-state index contributed by atoms with van der Waals surface area (Å²) in [4.78, 5) is 11.0. The van der Waals surface area contributed by atoms with Crippen LogP contribution in [0.4, 0.5) is 0 Å². The Bertz CT molecular complexity index is 648. The third-order valence-corrected chi connectivity index (χ3v) is 2.84. The van der Waals surface area contributed by atoms with Crippen molar-refractivity contribution in [1.82, 2.24) is 0 Å². The van der Waals surface area contributed by atoms with Crippen LogP contribution in [0.1, 0.15) is 25.0 Å². The summed E-state index contributed by atoms with van der Waals surface area (Å²) >= 11 is 0. The van der Waals surface area contributed by atoms with Gasteiger partial charge in [0.25, 0.3) is 5.70 Å². The largest absolute Gasteiger partial charge is 0.490 e. The molecule has 2 aromatic rings. The second kappa shape index (κ2) is 6.70. The predicted octanol–water partition coefficient (Wildman–Crippen LogP) is 4.25. The zero-order valence-corrected chi connectivity index (χ0v) is 12.0. The fourth-order valence-electron chi connectivity index (χ4n) is 1.96. The highest BCUT2D eigenvalue weighted by Crippen LogP contribution is 2.25. The molecule has 0 saturated carbocycles. The Labute approximate surface area is 123 Å². The minimum Gasteiger partial charge on any atom is -0.490 e. The molecule has 0 aliphatic carbocycles. The summed E-state index contributed by atoms with van der Waals surface area (Å²) in [5.74, 6) is 0.641. The highest BCUT2D eigenvalue weighted by atomic mass is 16.6. The molecule has 0 unspecified atom stereocenters. The normalized spacial score (nSPS) is 11.5. The van der Waals surface area contributed by atoms with Crippen molar-refractivity contribution in [2.24, 2.45) is 0 Å². The molecule has 0 aliphatic rings. The van der Waals surface area contributed by atoms with Crippen LogP contribution < -0.4 is 4.74 Å². The van der Waals surface area contributed by atoms with Gasteiger partial charge >= 0.3 is 0 Å². The van der Waals surface area contributed by atoms with Crippen molar-refractivity contribution < 1.29 is 9.66 Å². The molecule has 0 aromatic heterocycles. The smallest absolute Gasteiger partial charge is 0.277 e. The topological polar surface area (TPSA) is 52.4 Å². The van der Waals surface area contributed by atoms with E-state index in [0.717, 1.165) is 0 Å². The molecule has 0 heterocycles. The zero-order chi connectivity index (χ0) is 15.2. The molecular formula is C17H17NO3. The molecule has 2 aromatic carbocycles. The van der Waals surface area contributed by atoms with Crippen LogP contribution in [-0.2, 0) is 0 Å². The molecule has 0 bridgehead atoms. The summed E-state index contributed by atoms with van der Waals surface area (Å²) < 4.78 is 5.69. The van der Waals surface area contributed by atoms with E-state index in [0.29, 0.717) is 16.9 Å². The van der Waals surface area contributed by atoms with E-state index in [1.165, 1.54) is 0 Å². The van der Waals surface area contributed by atoms with Crippen LogP contribution in [0.15, 0.2) is 54.6 Å². The van der Waals surface area contributed by atoms with Gasteiger partial charge in [0.1, 0.15) is 5.75 Å². The summed E-state index contributed by atoms with van der Waals surface area (Å²) in [6, 6.07) is 16.1. The molecule has 0 aliphatic heterocycles. The number of para-hydroxylation sites is 1. The first-order valence-corrected chi connectivity index (χ1v) is 6.75. The molecule has 0 amide bonds. The molecule has 0 spiro atoms. The van der Waals surface area contributed by atoms with Crippen molar-refractivity contribution in [2.75, 3.05) is 0 Å². The number of hydrogen-bond acceptors (Lipinski definition) is 3. The maximum absolute atomic E-state index is 11.3. The van der Waals surface area contributed by atoms with E-state index >= 15 is 0 Å². The Morgan fingerprint density at radius 1 is 1.10 bits per heavy atom. The number of ether oxygens (including phenoxy) is 1. The van der Waals surface area contributed by atoms with Crippen LogP contribution in [0, 0.1) is 10.1 Å². The number of hydrogen-bond donors (Lipinski definition) is 0. The van der Waals surface area contributed by atoms with E-state index in [1.807, 2.05) is 44.2 Å². The molecule has 0 fully saturated rings. The molecule has 21 heavy (non-hydrogen) atoms. The summed E-state index contributed by atoms with van der Waals surface area (Å²) in [6.07, 6.45) is 1.56. The van der Waals surface area contributed by atoms with Crippen LogP contribution in [0.3, 0.4) is 0 Å². The summed E-state index contributed by atoms with van der Waals surface area (Å²) in [5, 5.41) is 11.3. The highest BCUT2D eigenvalue weighted by Gasteiger charge is 2.15. The average Bonchev–Trinajstić information content (AvgIpc) is 2.46. The second-order valence-corrected chi connectivity index (χ2v) is 4.86. The number of benzene rings is 2. The molecule has 0 radical (unpaired) electrons. The van der Waals surface area contributed by atoms with Gasteiger partial charge in [-0.25, -0.2) is 0 Å². The SMILES string of the molecule is CC(C)Oc1ccccc1C=C(c1ccccc1)[N+](=O)[O-]. The molecule has 0 N–H and O–H groups in total. The van der Waals surface area contributed by atoms with Crippen LogP contribution in [0.2, 0.25) is 0 Å². The Kier molecular flexibility index (Phi) is 4.72. The maximum atomic E-state index is 11.3. The van der Waals surface area contributed by atoms with Crippen molar-refractivity contribution in [1.29, 1.82) is 0 Å². The van der Waals surface area contributed by atoms with E-state index in [1.54, 1.807) is 30.3 Å². The molecule has 4 nitrogen and oxygen atoms in total. The molecule has 108 valence electrons. The van der Waals surface area contributed by atoms with Gasteiger partial charge in [-0.2, -0.15) is 0 Å². The Morgan fingerprint density at radius 3 is 2.33 bits per heavy atom. The van der Waals surface area contributed by atoms with E-state index in [2.05, 4.69) is 0 Å². The lowest BCUT2D eigenvalue weighted by molar-refractivity contribution is -0.374. The Balaban J connectivity index is 2.47. The van der Waals surface area contributed by atoms with Gasteiger partial charge in [-0.15, -0.1) is 0 Å². The van der Waals surface area contributed by atoms with Gasteiger partial charge < -0.3 is 4.74 Å². The first-order chi connectivity index (χ1) is 10.1. The molecular weight excluding hydrogens is 266 g/mol. The van der Waals surface area contributed by atoms with E-state index in [-0.39, 0.29) is 16.7 Å². The van der Waals surface area contributed by atoms with Gasteiger partial charge in [-0.05, 0) is 32.0 Å². The lowest BCUT2D eigenvalue weighted by Gasteiger charge is -2.12. The highest BCUT2D eigenvalue weighted by molar-refractivity contribution is 5.78. The van der Waals surface area contributed by atoms with Crippen LogP contribution in [0.25, 0.3) is 11.8 Å². The fraction of sp³-hybridized carbons (Fsp3) is 0.176.